The number of aryl methyl sites for hydroxylation is 1. The molecule has 3 aromatic rings. The Labute approximate surface area is 198 Å². The summed E-state index contributed by atoms with van der Waals surface area (Å²) in [6.07, 6.45) is 11.4. The Morgan fingerprint density at radius 2 is 1.97 bits per heavy atom. The van der Waals surface area contributed by atoms with Gasteiger partial charge in [0.05, 0.1) is 33.9 Å². The molecular weight excluding hydrogens is 438 g/mol. The van der Waals surface area contributed by atoms with Gasteiger partial charge in [-0.05, 0) is 43.0 Å². The lowest BCUT2D eigenvalue weighted by atomic mass is 10.1. The average Bonchev–Trinajstić information content (AvgIpc) is 3.50. The number of aromatic amines is 1. The zero-order valence-electron chi connectivity index (χ0n) is 19.7. The minimum Gasteiger partial charge on any atom is -0.493 e. The van der Waals surface area contributed by atoms with Gasteiger partial charge in [0.15, 0.2) is 11.5 Å². The second-order valence-corrected chi connectivity index (χ2v) is 7.96. The lowest BCUT2D eigenvalue weighted by molar-refractivity contribution is 0.117. The quantitative estimate of drug-likeness (QED) is 0.443. The van der Waals surface area contributed by atoms with Crippen molar-refractivity contribution >= 4 is 5.82 Å². The van der Waals surface area contributed by atoms with Crippen LogP contribution in [0.15, 0.2) is 48.0 Å². The highest BCUT2D eigenvalue weighted by molar-refractivity contribution is 5.54. The third-order valence-electron chi connectivity index (χ3n) is 5.81. The standard InChI is InChI=1S/C24H31N5O5/c1-31-19-13-17(14-20(32-2)22(19)33-3)15-26-23-21(18-7-4-5-12-34-18)29(24(30)27-23)10-6-9-28-11-8-25-16-28/h5,8,11-14,16,18,26H,4,6-7,9-10,15H2,1-3H3,(H,27,30). The molecule has 1 aliphatic heterocycles. The number of benzene rings is 1. The number of nitrogens with one attached hydrogen (secondary N) is 2. The van der Waals surface area contributed by atoms with Gasteiger partial charge in [0.25, 0.3) is 0 Å². The van der Waals surface area contributed by atoms with Crippen molar-refractivity contribution in [3.05, 3.63) is 64.9 Å². The van der Waals surface area contributed by atoms with Gasteiger partial charge >= 0.3 is 5.69 Å². The molecule has 0 fully saturated rings. The van der Waals surface area contributed by atoms with Crippen LogP contribution in [0.4, 0.5) is 5.82 Å². The molecule has 1 aromatic carbocycles. The largest absolute Gasteiger partial charge is 0.493 e. The Bertz CT molecular complexity index is 1140. The number of H-pyrrole nitrogens is 1. The maximum Gasteiger partial charge on any atom is 0.327 e. The Morgan fingerprint density at radius 1 is 1.18 bits per heavy atom. The van der Waals surface area contributed by atoms with Crippen LogP contribution in [0, 0.1) is 0 Å². The number of aromatic nitrogens is 4. The lowest BCUT2D eigenvalue weighted by Gasteiger charge is -2.22. The molecule has 0 aliphatic carbocycles. The molecule has 3 heterocycles. The van der Waals surface area contributed by atoms with E-state index >= 15 is 0 Å². The fourth-order valence-electron chi connectivity index (χ4n) is 4.17. The van der Waals surface area contributed by atoms with E-state index < -0.39 is 0 Å². The van der Waals surface area contributed by atoms with Gasteiger partial charge < -0.3 is 28.8 Å². The van der Waals surface area contributed by atoms with Crippen molar-refractivity contribution in [2.45, 2.75) is 45.0 Å². The minimum atomic E-state index is -0.209. The van der Waals surface area contributed by atoms with E-state index in [1.54, 1.807) is 44.7 Å². The summed E-state index contributed by atoms with van der Waals surface area (Å²) < 4.78 is 26.0. The number of methoxy groups -OCH3 is 3. The van der Waals surface area contributed by atoms with Crippen LogP contribution in [-0.4, -0.2) is 40.4 Å². The highest BCUT2D eigenvalue weighted by Crippen LogP contribution is 2.38. The Morgan fingerprint density at radius 3 is 2.59 bits per heavy atom. The molecule has 4 rings (SSSR count). The third-order valence-corrected chi connectivity index (χ3v) is 5.81. The summed E-state index contributed by atoms with van der Waals surface area (Å²) in [6, 6.07) is 3.77. The molecular formula is C24H31N5O5. The number of ether oxygens (including phenoxy) is 4. The summed E-state index contributed by atoms with van der Waals surface area (Å²) in [5, 5.41) is 3.38. The van der Waals surface area contributed by atoms with Gasteiger partial charge in [-0.3, -0.25) is 9.55 Å². The molecule has 2 aromatic heterocycles. The van der Waals surface area contributed by atoms with Gasteiger partial charge in [0.1, 0.15) is 17.6 Å². The van der Waals surface area contributed by atoms with Gasteiger partial charge in [-0.15, -0.1) is 0 Å². The van der Waals surface area contributed by atoms with Crippen LogP contribution in [0.3, 0.4) is 0 Å². The minimum absolute atomic E-state index is 0.161. The number of imidazole rings is 2. The lowest BCUT2D eigenvalue weighted by Crippen LogP contribution is -2.22. The van der Waals surface area contributed by atoms with E-state index in [4.69, 9.17) is 18.9 Å². The first-order chi connectivity index (χ1) is 16.6. The zero-order chi connectivity index (χ0) is 23.9. The van der Waals surface area contributed by atoms with Crippen molar-refractivity contribution in [2.75, 3.05) is 26.6 Å². The van der Waals surface area contributed by atoms with Crippen molar-refractivity contribution in [3.8, 4) is 17.2 Å². The van der Waals surface area contributed by atoms with Crippen LogP contribution in [-0.2, 0) is 24.4 Å². The highest BCUT2D eigenvalue weighted by Gasteiger charge is 2.25. The van der Waals surface area contributed by atoms with Crippen LogP contribution in [0.5, 0.6) is 17.2 Å². The molecule has 0 bridgehead atoms. The first-order valence-electron chi connectivity index (χ1n) is 11.3. The second-order valence-electron chi connectivity index (χ2n) is 7.96. The predicted octanol–water partition coefficient (Wildman–Crippen LogP) is 3.47. The second kappa shape index (κ2) is 10.9. The molecule has 182 valence electrons. The van der Waals surface area contributed by atoms with Crippen molar-refractivity contribution in [1.82, 2.24) is 19.1 Å². The van der Waals surface area contributed by atoms with E-state index in [0.717, 1.165) is 37.1 Å². The summed E-state index contributed by atoms with van der Waals surface area (Å²) >= 11 is 0. The van der Waals surface area contributed by atoms with Crippen molar-refractivity contribution in [1.29, 1.82) is 0 Å². The van der Waals surface area contributed by atoms with E-state index in [9.17, 15) is 4.79 Å². The fourth-order valence-corrected chi connectivity index (χ4v) is 4.17. The maximum absolute atomic E-state index is 12.9. The molecule has 1 atom stereocenters. The molecule has 10 heteroatoms. The van der Waals surface area contributed by atoms with E-state index in [1.165, 1.54) is 0 Å². The number of allylic oxidation sites excluding steroid dienone is 1. The number of hydrogen-bond donors (Lipinski definition) is 2. The van der Waals surface area contributed by atoms with Crippen molar-refractivity contribution < 1.29 is 18.9 Å². The number of hydrogen-bond acceptors (Lipinski definition) is 7. The van der Waals surface area contributed by atoms with Gasteiger partial charge in [-0.25, -0.2) is 9.78 Å². The molecule has 0 saturated heterocycles. The molecule has 10 nitrogen and oxygen atoms in total. The summed E-state index contributed by atoms with van der Waals surface area (Å²) in [5.41, 5.74) is 1.58. The van der Waals surface area contributed by atoms with Crippen LogP contribution in [0.25, 0.3) is 0 Å². The van der Waals surface area contributed by atoms with Crippen molar-refractivity contribution in [3.63, 3.8) is 0 Å². The number of rotatable bonds is 11. The summed E-state index contributed by atoms with van der Waals surface area (Å²) in [4.78, 5) is 20.0. The van der Waals surface area contributed by atoms with E-state index in [1.807, 2.05) is 29.0 Å². The van der Waals surface area contributed by atoms with E-state index in [2.05, 4.69) is 15.3 Å². The highest BCUT2D eigenvalue weighted by atomic mass is 16.5. The topological polar surface area (TPSA) is 105 Å². The van der Waals surface area contributed by atoms with Crippen LogP contribution < -0.4 is 25.2 Å². The Hall–Kier alpha value is -3.82. The number of anilines is 1. The predicted molar refractivity (Wildman–Crippen MR) is 128 cm³/mol. The van der Waals surface area contributed by atoms with Crippen LogP contribution in [0.1, 0.15) is 36.6 Å². The van der Waals surface area contributed by atoms with Gasteiger partial charge in [0, 0.05) is 32.0 Å². The van der Waals surface area contributed by atoms with Crippen LogP contribution >= 0.6 is 0 Å². The Kier molecular flexibility index (Phi) is 7.46. The van der Waals surface area contributed by atoms with Gasteiger partial charge in [0.2, 0.25) is 5.75 Å². The van der Waals surface area contributed by atoms with E-state index in [-0.39, 0.29) is 11.8 Å². The SMILES string of the molecule is COc1cc(CNc2[nH]c(=O)n(CCCn3ccnc3)c2C2CCC=CO2)cc(OC)c1OC. The number of nitrogens with zero attached hydrogens (tertiary/aromatic N) is 3. The molecule has 1 unspecified atom stereocenters. The molecule has 0 amide bonds. The third kappa shape index (κ3) is 5.05. The maximum atomic E-state index is 12.9. The first kappa shape index (κ1) is 23.3. The molecule has 0 spiro atoms. The molecule has 2 N–H and O–H groups in total. The Balaban J connectivity index is 1.57. The zero-order valence-corrected chi connectivity index (χ0v) is 19.7. The van der Waals surface area contributed by atoms with Gasteiger partial charge in [-0.2, -0.15) is 0 Å². The smallest absolute Gasteiger partial charge is 0.327 e. The molecule has 0 radical (unpaired) electrons. The van der Waals surface area contributed by atoms with E-state index in [0.29, 0.717) is 36.2 Å². The fraction of sp³-hybridized carbons (Fsp3) is 0.417. The van der Waals surface area contributed by atoms with Crippen molar-refractivity contribution in [2.24, 2.45) is 0 Å². The normalized spacial score (nSPS) is 15.1. The summed E-state index contributed by atoms with van der Waals surface area (Å²) in [5.74, 6) is 2.34. The summed E-state index contributed by atoms with van der Waals surface area (Å²) in [6.45, 7) is 1.79. The molecule has 34 heavy (non-hydrogen) atoms. The summed E-state index contributed by atoms with van der Waals surface area (Å²) in [7, 11) is 4.74. The van der Waals surface area contributed by atoms with Gasteiger partial charge in [-0.1, -0.05) is 0 Å². The molecule has 0 saturated carbocycles. The average molecular weight is 470 g/mol. The first-order valence-corrected chi connectivity index (χ1v) is 11.3. The molecule has 1 aliphatic rings. The monoisotopic (exact) mass is 469 g/mol. The van der Waals surface area contributed by atoms with Crippen LogP contribution in [0.2, 0.25) is 0 Å².